The van der Waals surface area contributed by atoms with Gasteiger partial charge in [-0.3, -0.25) is 0 Å². The molecule has 1 aromatic heterocycles. The van der Waals surface area contributed by atoms with Gasteiger partial charge in [-0.15, -0.1) is 0 Å². The van der Waals surface area contributed by atoms with E-state index in [1.54, 1.807) is 0 Å². The molecule has 0 saturated heterocycles. The van der Waals surface area contributed by atoms with Crippen LogP contribution < -0.4 is 4.90 Å². The fraction of sp³-hybridized carbons (Fsp3) is 0. The zero-order valence-electron chi connectivity index (χ0n) is 33.0. The maximum absolute atomic E-state index is 2.40. The number of hydrogen-bond acceptors (Lipinski definition) is 1. The van der Waals surface area contributed by atoms with Crippen molar-refractivity contribution in [1.82, 2.24) is 4.57 Å². The van der Waals surface area contributed by atoms with Crippen molar-refractivity contribution in [2.45, 2.75) is 0 Å². The Bertz CT molecular complexity index is 3270. The summed E-state index contributed by atoms with van der Waals surface area (Å²) >= 11 is 0. The maximum Gasteiger partial charge on any atom is 0.0547 e. The Kier molecular flexibility index (Phi) is 8.87. The molecule has 0 aliphatic carbocycles. The van der Waals surface area contributed by atoms with E-state index in [-0.39, 0.29) is 0 Å². The van der Waals surface area contributed by atoms with Crippen LogP contribution in [-0.4, -0.2) is 4.57 Å². The van der Waals surface area contributed by atoms with Gasteiger partial charge in [0.1, 0.15) is 0 Å². The van der Waals surface area contributed by atoms with Crippen molar-refractivity contribution >= 4 is 49.6 Å². The lowest BCUT2D eigenvalue weighted by Crippen LogP contribution is -2.10. The second-order valence-electron chi connectivity index (χ2n) is 15.4. The van der Waals surface area contributed by atoms with Crippen LogP contribution in [0.3, 0.4) is 0 Å². The number of hydrogen-bond donors (Lipinski definition) is 0. The number of para-hydroxylation sites is 1. The third-order valence-corrected chi connectivity index (χ3v) is 11.8. The van der Waals surface area contributed by atoms with Gasteiger partial charge in [-0.05, 0) is 122 Å². The van der Waals surface area contributed by atoms with Gasteiger partial charge in [-0.2, -0.15) is 0 Å². The van der Waals surface area contributed by atoms with Crippen LogP contribution in [0.4, 0.5) is 17.1 Å². The van der Waals surface area contributed by atoms with Crippen molar-refractivity contribution in [3.63, 3.8) is 0 Å². The molecule has 0 fully saturated rings. The Balaban J connectivity index is 0.965. The smallest absolute Gasteiger partial charge is 0.0547 e. The summed E-state index contributed by atoms with van der Waals surface area (Å²) in [4.78, 5) is 2.36. The average molecular weight is 765 g/mol. The number of rotatable bonds is 8. The van der Waals surface area contributed by atoms with Crippen LogP contribution in [0.25, 0.3) is 82.8 Å². The van der Waals surface area contributed by atoms with E-state index in [2.05, 4.69) is 252 Å². The number of anilines is 3. The highest BCUT2D eigenvalue weighted by Crippen LogP contribution is 2.40. The van der Waals surface area contributed by atoms with Gasteiger partial charge < -0.3 is 9.47 Å². The predicted molar refractivity (Wildman–Crippen MR) is 255 cm³/mol. The molecule has 1 heterocycles. The topological polar surface area (TPSA) is 8.17 Å². The molecule has 10 aromatic carbocycles. The van der Waals surface area contributed by atoms with Gasteiger partial charge >= 0.3 is 0 Å². The van der Waals surface area contributed by atoms with Crippen LogP contribution in [0.2, 0.25) is 0 Å². The summed E-state index contributed by atoms with van der Waals surface area (Å²) in [6.07, 6.45) is 0. The van der Waals surface area contributed by atoms with Crippen molar-refractivity contribution in [1.29, 1.82) is 0 Å². The molecule has 11 rings (SSSR count). The molecular formula is C58H40N2. The highest BCUT2D eigenvalue weighted by atomic mass is 15.1. The monoisotopic (exact) mass is 764 g/mol. The van der Waals surface area contributed by atoms with Crippen molar-refractivity contribution < 1.29 is 0 Å². The molecule has 0 aliphatic heterocycles. The zero-order valence-corrected chi connectivity index (χ0v) is 33.0. The highest BCUT2D eigenvalue weighted by Gasteiger charge is 2.17. The Labute approximate surface area is 350 Å². The molecule has 60 heavy (non-hydrogen) atoms. The lowest BCUT2D eigenvalue weighted by molar-refractivity contribution is 1.18. The molecule has 0 bridgehead atoms. The minimum absolute atomic E-state index is 1.09. The molecule has 0 saturated carbocycles. The molecule has 282 valence electrons. The first-order valence-electron chi connectivity index (χ1n) is 20.6. The molecule has 2 heteroatoms. The third-order valence-electron chi connectivity index (χ3n) is 11.8. The van der Waals surface area contributed by atoms with Crippen LogP contribution in [0.5, 0.6) is 0 Å². The maximum atomic E-state index is 2.40. The molecule has 0 spiro atoms. The molecule has 0 unspecified atom stereocenters. The Hall–Kier alpha value is -7.94. The lowest BCUT2D eigenvalue weighted by Gasteiger charge is -2.26. The van der Waals surface area contributed by atoms with Gasteiger partial charge in [0.15, 0.2) is 0 Å². The van der Waals surface area contributed by atoms with Crippen molar-refractivity contribution in [3.8, 4) is 50.2 Å². The summed E-state index contributed by atoms with van der Waals surface area (Å²) < 4.78 is 2.40. The van der Waals surface area contributed by atoms with E-state index in [0.29, 0.717) is 0 Å². The first kappa shape index (κ1) is 35.2. The lowest BCUT2D eigenvalue weighted by atomic mass is 9.98. The molecule has 2 nitrogen and oxygen atoms in total. The summed E-state index contributed by atoms with van der Waals surface area (Å²) in [7, 11) is 0. The Morgan fingerprint density at radius 2 is 0.733 bits per heavy atom. The fourth-order valence-corrected chi connectivity index (χ4v) is 8.84. The highest BCUT2D eigenvalue weighted by molar-refractivity contribution is 6.21. The molecular weight excluding hydrogens is 725 g/mol. The standard InChI is InChI=1S/C58H40N2/c1-3-13-41(14-4-1)43-25-32-50(33-26-43)59(51-34-27-44(28-35-51)48-19-11-18-47(39-48)42-15-5-2-6-16-42)53-21-12-20-49(40-53)45-29-36-52(37-30-45)60-56-24-10-9-23-55(56)58-54-22-8-7-17-46(54)31-38-57(58)60/h1-40H. The van der Waals surface area contributed by atoms with Crippen LogP contribution in [-0.2, 0) is 0 Å². The van der Waals surface area contributed by atoms with Gasteiger partial charge in [0.05, 0.1) is 11.0 Å². The second-order valence-corrected chi connectivity index (χ2v) is 15.4. The van der Waals surface area contributed by atoms with Gasteiger partial charge in [0.25, 0.3) is 0 Å². The second kappa shape index (κ2) is 15.1. The molecule has 11 aromatic rings. The summed E-state index contributed by atoms with van der Waals surface area (Å²) in [5.41, 5.74) is 16.4. The third kappa shape index (κ3) is 6.41. The van der Waals surface area contributed by atoms with E-state index in [0.717, 1.165) is 28.3 Å². The van der Waals surface area contributed by atoms with E-state index in [1.165, 1.54) is 71.5 Å². The summed E-state index contributed by atoms with van der Waals surface area (Å²) in [6.45, 7) is 0. The number of aromatic nitrogens is 1. The quantitative estimate of drug-likeness (QED) is 0.150. The normalized spacial score (nSPS) is 11.3. The van der Waals surface area contributed by atoms with E-state index in [4.69, 9.17) is 0 Å². The van der Waals surface area contributed by atoms with Gasteiger partial charge in [0, 0.05) is 33.5 Å². The molecule has 0 N–H and O–H groups in total. The summed E-state index contributed by atoms with van der Waals surface area (Å²) in [5.74, 6) is 0. The van der Waals surface area contributed by atoms with E-state index < -0.39 is 0 Å². The number of benzene rings is 10. The molecule has 0 atom stereocenters. The largest absolute Gasteiger partial charge is 0.310 e. The van der Waals surface area contributed by atoms with E-state index >= 15 is 0 Å². The van der Waals surface area contributed by atoms with E-state index in [1.807, 2.05) is 0 Å². The van der Waals surface area contributed by atoms with Crippen LogP contribution in [0.1, 0.15) is 0 Å². The predicted octanol–water partition coefficient (Wildman–Crippen LogP) is 16.1. The Morgan fingerprint density at radius 1 is 0.267 bits per heavy atom. The number of fused-ring (bicyclic) bond motifs is 5. The van der Waals surface area contributed by atoms with Crippen molar-refractivity contribution in [3.05, 3.63) is 243 Å². The summed E-state index contributed by atoms with van der Waals surface area (Å²) in [5, 5.41) is 5.11. The van der Waals surface area contributed by atoms with Gasteiger partial charge in [-0.1, -0.05) is 176 Å². The summed E-state index contributed by atoms with van der Waals surface area (Å²) in [6, 6.07) is 87.7. The first-order chi connectivity index (χ1) is 29.7. The van der Waals surface area contributed by atoms with E-state index in [9.17, 15) is 0 Å². The fourth-order valence-electron chi connectivity index (χ4n) is 8.84. The number of nitrogens with zero attached hydrogens (tertiary/aromatic N) is 2. The van der Waals surface area contributed by atoms with Crippen molar-refractivity contribution in [2.75, 3.05) is 4.90 Å². The van der Waals surface area contributed by atoms with Crippen LogP contribution in [0.15, 0.2) is 243 Å². The average Bonchev–Trinajstić information content (AvgIpc) is 3.68. The van der Waals surface area contributed by atoms with Crippen molar-refractivity contribution in [2.24, 2.45) is 0 Å². The van der Waals surface area contributed by atoms with Crippen LogP contribution >= 0.6 is 0 Å². The molecule has 0 aliphatic rings. The van der Waals surface area contributed by atoms with Gasteiger partial charge in [-0.25, -0.2) is 0 Å². The minimum atomic E-state index is 1.09. The Morgan fingerprint density at radius 3 is 1.38 bits per heavy atom. The first-order valence-corrected chi connectivity index (χ1v) is 20.6. The minimum Gasteiger partial charge on any atom is -0.310 e. The van der Waals surface area contributed by atoms with Gasteiger partial charge in [0.2, 0.25) is 0 Å². The molecule has 0 amide bonds. The molecule has 0 radical (unpaired) electrons. The van der Waals surface area contributed by atoms with Crippen LogP contribution in [0, 0.1) is 0 Å². The SMILES string of the molecule is c1ccc(-c2ccc(N(c3ccc(-c4cccc(-c5ccccc5)c4)cc3)c3cccc(-c4ccc(-n5c6ccccc6c6c7ccccc7ccc65)cc4)c3)cc2)cc1. The zero-order chi connectivity index (χ0) is 39.8.